The molecule has 0 aliphatic rings. The molecule has 0 saturated carbocycles. The standard InChI is InChI=1S/C17H17F3N2O4/c1-2-25-15(24)4-3-9-26-12-7-5-11(6-8-12)16-21-13(17(18,19)20)10-14(23)22-16/h5-8,10H,2-4,9H2,1H3,(H,21,22,23). The Morgan fingerprint density at radius 1 is 1.23 bits per heavy atom. The van der Waals surface area contributed by atoms with Gasteiger partial charge in [0.15, 0.2) is 5.69 Å². The van der Waals surface area contributed by atoms with Crippen LogP contribution in [0.4, 0.5) is 13.2 Å². The van der Waals surface area contributed by atoms with E-state index >= 15 is 0 Å². The number of esters is 1. The molecule has 26 heavy (non-hydrogen) atoms. The minimum absolute atomic E-state index is 0.182. The lowest BCUT2D eigenvalue weighted by molar-refractivity contribution is -0.143. The molecule has 9 heteroatoms. The van der Waals surface area contributed by atoms with Crippen molar-refractivity contribution >= 4 is 5.97 Å². The van der Waals surface area contributed by atoms with Gasteiger partial charge in [0, 0.05) is 18.1 Å². The van der Waals surface area contributed by atoms with E-state index in [0.717, 1.165) is 0 Å². The fourth-order valence-corrected chi connectivity index (χ4v) is 2.09. The van der Waals surface area contributed by atoms with E-state index < -0.39 is 17.4 Å². The third-order valence-electron chi connectivity index (χ3n) is 3.26. The van der Waals surface area contributed by atoms with E-state index in [1.165, 1.54) is 12.1 Å². The van der Waals surface area contributed by atoms with Crippen molar-refractivity contribution in [2.75, 3.05) is 13.2 Å². The summed E-state index contributed by atoms with van der Waals surface area (Å²) in [5.41, 5.74) is -1.83. The van der Waals surface area contributed by atoms with Crippen LogP contribution in [0.1, 0.15) is 25.5 Å². The SMILES string of the molecule is CCOC(=O)CCCOc1ccc(-c2nc(C(F)(F)F)cc(=O)[nH]2)cc1. The van der Waals surface area contributed by atoms with Crippen LogP contribution in [-0.2, 0) is 15.7 Å². The molecule has 0 amide bonds. The molecule has 0 atom stereocenters. The largest absolute Gasteiger partial charge is 0.494 e. The highest BCUT2D eigenvalue weighted by molar-refractivity contribution is 5.69. The molecule has 0 aliphatic heterocycles. The monoisotopic (exact) mass is 370 g/mol. The number of hydrogen-bond acceptors (Lipinski definition) is 5. The number of nitrogens with zero attached hydrogens (tertiary/aromatic N) is 1. The molecular formula is C17H17F3N2O4. The molecule has 0 saturated heterocycles. The van der Waals surface area contributed by atoms with Gasteiger partial charge in [-0.2, -0.15) is 13.2 Å². The highest BCUT2D eigenvalue weighted by Gasteiger charge is 2.33. The Balaban J connectivity index is 2.00. The highest BCUT2D eigenvalue weighted by atomic mass is 19.4. The zero-order chi connectivity index (χ0) is 19.2. The van der Waals surface area contributed by atoms with Crippen molar-refractivity contribution in [3.8, 4) is 17.1 Å². The fourth-order valence-electron chi connectivity index (χ4n) is 2.09. The number of nitrogens with one attached hydrogen (secondary N) is 1. The van der Waals surface area contributed by atoms with Crippen LogP contribution in [-0.4, -0.2) is 29.2 Å². The lowest BCUT2D eigenvalue weighted by Gasteiger charge is -2.09. The van der Waals surface area contributed by atoms with E-state index in [2.05, 4.69) is 9.97 Å². The maximum atomic E-state index is 12.7. The Hall–Kier alpha value is -2.84. The Morgan fingerprint density at radius 2 is 1.92 bits per heavy atom. The van der Waals surface area contributed by atoms with Gasteiger partial charge in [-0.3, -0.25) is 9.59 Å². The summed E-state index contributed by atoms with van der Waals surface area (Å²) in [6, 6.07) is 6.46. The van der Waals surface area contributed by atoms with E-state index in [-0.39, 0.29) is 24.8 Å². The summed E-state index contributed by atoms with van der Waals surface area (Å²) in [4.78, 5) is 28.3. The van der Waals surface area contributed by atoms with Gasteiger partial charge in [0.1, 0.15) is 11.6 Å². The molecule has 0 fully saturated rings. The first-order chi connectivity index (χ1) is 12.3. The van der Waals surface area contributed by atoms with Gasteiger partial charge in [-0.05, 0) is 37.6 Å². The van der Waals surface area contributed by atoms with Crippen LogP contribution in [0, 0.1) is 0 Å². The molecule has 0 bridgehead atoms. The van der Waals surface area contributed by atoms with Crippen molar-refractivity contribution in [3.63, 3.8) is 0 Å². The Morgan fingerprint density at radius 3 is 2.54 bits per heavy atom. The van der Waals surface area contributed by atoms with Gasteiger partial charge in [-0.15, -0.1) is 0 Å². The number of benzene rings is 1. The molecule has 1 heterocycles. The first-order valence-corrected chi connectivity index (χ1v) is 7.87. The molecule has 0 spiro atoms. The molecule has 6 nitrogen and oxygen atoms in total. The van der Waals surface area contributed by atoms with Crippen LogP contribution in [0.15, 0.2) is 35.1 Å². The number of alkyl halides is 3. The number of ether oxygens (including phenoxy) is 2. The number of H-pyrrole nitrogens is 1. The number of halogens is 3. The number of hydrogen-bond donors (Lipinski definition) is 1. The predicted molar refractivity (Wildman–Crippen MR) is 86.7 cm³/mol. The van der Waals surface area contributed by atoms with E-state index in [1.54, 1.807) is 19.1 Å². The van der Waals surface area contributed by atoms with Gasteiger partial charge in [-0.25, -0.2) is 4.98 Å². The lowest BCUT2D eigenvalue weighted by Crippen LogP contribution is -2.16. The minimum Gasteiger partial charge on any atom is -0.494 e. The summed E-state index contributed by atoms with van der Waals surface area (Å²) in [6.07, 6.45) is -3.99. The van der Waals surface area contributed by atoms with E-state index in [1.807, 2.05) is 0 Å². The first-order valence-electron chi connectivity index (χ1n) is 7.87. The topological polar surface area (TPSA) is 81.3 Å². The average molecular weight is 370 g/mol. The van der Waals surface area contributed by atoms with Crippen molar-refractivity contribution in [1.29, 1.82) is 0 Å². The van der Waals surface area contributed by atoms with Crippen molar-refractivity contribution in [2.24, 2.45) is 0 Å². The minimum atomic E-state index is -4.70. The van der Waals surface area contributed by atoms with Gasteiger partial charge in [0.05, 0.1) is 13.2 Å². The van der Waals surface area contributed by atoms with Gasteiger partial charge >= 0.3 is 12.1 Å². The predicted octanol–water partition coefficient (Wildman–Crippen LogP) is 3.18. The van der Waals surface area contributed by atoms with Gasteiger partial charge in [0.2, 0.25) is 0 Å². The van der Waals surface area contributed by atoms with Crippen LogP contribution in [0.5, 0.6) is 5.75 Å². The summed E-state index contributed by atoms with van der Waals surface area (Å²) in [7, 11) is 0. The van der Waals surface area contributed by atoms with Crippen LogP contribution >= 0.6 is 0 Å². The molecule has 0 radical (unpaired) electrons. The fraction of sp³-hybridized carbons (Fsp3) is 0.353. The molecule has 2 rings (SSSR count). The van der Waals surface area contributed by atoms with Crippen molar-refractivity contribution in [3.05, 3.63) is 46.4 Å². The summed E-state index contributed by atoms with van der Waals surface area (Å²) in [6.45, 7) is 2.34. The van der Waals surface area contributed by atoms with Gasteiger partial charge in [0.25, 0.3) is 5.56 Å². The number of carbonyl (C=O) groups is 1. The van der Waals surface area contributed by atoms with Crippen LogP contribution in [0.3, 0.4) is 0 Å². The maximum absolute atomic E-state index is 12.7. The van der Waals surface area contributed by atoms with E-state index in [9.17, 15) is 22.8 Å². The Kier molecular flexibility index (Phi) is 6.37. The van der Waals surface area contributed by atoms with Crippen molar-refractivity contribution in [2.45, 2.75) is 25.9 Å². The Labute approximate surface area is 147 Å². The van der Waals surface area contributed by atoms with Crippen LogP contribution in [0.25, 0.3) is 11.4 Å². The smallest absolute Gasteiger partial charge is 0.433 e. The van der Waals surface area contributed by atoms with E-state index in [0.29, 0.717) is 30.4 Å². The van der Waals surface area contributed by atoms with Crippen LogP contribution in [0.2, 0.25) is 0 Å². The molecule has 140 valence electrons. The molecule has 2 aromatic rings. The molecule has 0 aliphatic carbocycles. The molecule has 0 unspecified atom stereocenters. The van der Waals surface area contributed by atoms with Gasteiger partial charge in [-0.1, -0.05) is 0 Å². The second-order valence-electron chi connectivity index (χ2n) is 5.26. The second-order valence-corrected chi connectivity index (χ2v) is 5.26. The summed E-state index contributed by atoms with van der Waals surface area (Å²) in [5, 5.41) is 0. The third kappa shape index (κ3) is 5.61. The highest BCUT2D eigenvalue weighted by Crippen LogP contribution is 2.28. The van der Waals surface area contributed by atoms with E-state index in [4.69, 9.17) is 9.47 Å². The van der Waals surface area contributed by atoms with Crippen LogP contribution < -0.4 is 10.3 Å². The summed E-state index contributed by atoms with van der Waals surface area (Å²) in [5.74, 6) is -0.00311. The zero-order valence-corrected chi connectivity index (χ0v) is 13.9. The van der Waals surface area contributed by atoms with Gasteiger partial charge < -0.3 is 14.5 Å². The molecule has 1 aromatic carbocycles. The molecular weight excluding hydrogens is 353 g/mol. The maximum Gasteiger partial charge on any atom is 0.433 e. The quantitative estimate of drug-likeness (QED) is 0.598. The molecule has 1 aromatic heterocycles. The summed E-state index contributed by atoms with van der Waals surface area (Å²) >= 11 is 0. The second kappa shape index (κ2) is 8.50. The first kappa shape index (κ1) is 19.5. The number of carbonyl (C=O) groups excluding carboxylic acids is 1. The normalized spacial score (nSPS) is 11.2. The lowest BCUT2D eigenvalue weighted by atomic mass is 10.2. The number of rotatable bonds is 7. The zero-order valence-electron chi connectivity index (χ0n) is 13.9. The van der Waals surface area contributed by atoms with Crippen molar-refractivity contribution in [1.82, 2.24) is 9.97 Å². The summed E-state index contributed by atoms with van der Waals surface area (Å²) < 4.78 is 48.5. The average Bonchev–Trinajstić information content (AvgIpc) is 2.58. The number of aromatic amines is 1. The van der Waals surface area contributed by atoms with Crippen molar-refractivity contribution < 1.29 is 27.4 Å². The number of aromatic nitrogens is 2. The Bertz CT molecular complexity index is 801. The molecule has 1 N–H and O–H groups in total. The third-order valence-corrected chi connectivity index (χ3v) is 3.26.